The Kier molecular flexibility index (Phi) is 5.95. The highest BCUT2D eigenvalue weighted by Crippen LogP contribution is 2.44. The van der Waals surface area contributed by atoms with Gasteiger partial charge in [0.05, 0.1) is 22.3 Å². The molecular formula is C30H20O11. The van der Waals surface area contributed by atoms with Gasteiger partial charge in [-0.05, 0) is 61.4 Å². The monoisotopic (exact) mass is 556 g/mol. The highest BCUT2D eigenvalue weighted by Gasteiger charge is 2.39. The number of rotatable bonds is 4. The Morgan fingerprint density at radius 1 is 0.488 bits per heavy atom. The van der Waals surface area contributed by atoms with Gasteiger partial charge in [0.1, 0.15) is 34.3 Å². The molecule has 1 aliphatic carbocycles. The maximum absolute atomic E-state index is 13.8. The van der Waals surface area contributed by atoms with Crippen LogP contribution in [0.4, 0.5) is 0 Å². The zero-order chi connectivity index (χ0) is 30.1. The van der Waals surface area contributed by atoms with E-state index in [2.05, 4.69) is 0 Å². The van der Waals surface area contributed by atoms with Crippen LogP contribution in [0.5, 0.6) is 40.2 Å². The summed E-state index contributed by atoms with van der Waals surface area (Å²) < 4.78 is 0. The minimum absolute atomic E-state index is 0.168. The van der Waals surface area contributed by atoms with Crippen LogP contribution in [0.3, 0.4) is 0 Å². The normalized spacial score (nSPS) is 12.1. The Labute approximate surface area is 230 Å². The standard InChI is InChI=1S/C30H20O11/c1-10-3-13(26(37)12-7-17(32)18(33)9-16(12)31)23(20(35)6-10)29(40)25-21(36)8-15-24(30(25)41)28(39)22-14(27(15)38)4-11(2)5-19(22)34/h3-9,31-36,41H,1-2H3. The number of aromatic hydroxyl groups is 7. The Morgan fingerprint density at radius 2 is 1.05 bits per heavy atom. The predicted octanol–water partition coefficient (Wildman–Crippen LogP) is 3.48. The Hall–Kier alpha value is -5.84. The molecule has 41 heavy (non-hydrogen) atoms. The van der Waals surface area contributed by atoms with Crippen molar-refractivity contribution in [3.8, 4) is 40.2 Å². The first-order chi connectivity index (χ1) is 19.2. The molecule has 0 saturated heterocycles. The molecule has 7 N–H and O–H groups in total. The van der Waals surface area contributed by atoms with Gasteiger partial charge >= 0.3 is 0 Å². The van der Waals surface area contributed by atoms with Crippen molar-refractivity contribution in [1.82, 2.24) is 0 Å². The van der Waals surface area contributed by atoms with E-state index < -0.39 is 102 Å². The molecule has 5 rings (SSSR count). The second-order valence-corrected chi connectivity index (χ2v) is 9.63. The van der Waals surface area contributed by atoms with E-state index in [-0.39, 0.29) is 11.1 Å². The van der Waals surface area contributed by atoms with Gasteiger partial charge in [0, 0.05) is 22.8 Å². The summed E-state index contributed by atoms with van der Waals surface area (Å²) in [6, 6.07) is 7.08. The summed E-state index contributed by atoms with van der Waals surface area (Å²) >= 11 is 0. The lowest BCUT2D eigenvalue weighted by Gasteiger charge is -2.22. The summed E-state index contributed by atoms with van der Waals surface area (Å²) in [5.74, 6) is -9.86. The fourth-order valence-corrected chi connectivity index (χ4v) is 4.95. The Bertz CT molecular complexity index is 1900. The van der Waals surface area contributed by atoms with E-state index >= 15 is 0 Å². The fraction of sp³-hybridized carbons (Fsp3) is 0.0667. The zero-order valence-corrected chi connectivity index (χ0v) is 21.3. The molecular weight excluding hydrogens is 536 g/mol. The Morgan fingerprint density at radius 3 is 1.73 bits per heavy atom. The van der Waals surface area contributed by atoms with Crippen LogP contribution in [-0.4, -0.2) is 58.9 Å². The first kappa shape index (κ1) is 26.8. The summed E-state index contributed by atoms with van der Waals surface area (Å²) in [6.45, 7) is 3.05. The lowest BCUT2D eigenvalue weighted by atomic mass is 9.80. The average molecular weight is 556 g/mol. The van der Waals surface area contributed by atoms with Crippen LogP contribution in [0, 0.1) is 13.8 Å². The van der Waals surface area contributed by atoms with Crippen molar-refractivity contribution in [1.29, 1.82) is 0 Å². The smallest absolute Gasteiger partial charge is 0.204 e. The number of hydrogen-bond acceptors (Lipinski definition) is 11. The highest BCUT2D eigenvalue weighted by atomic mass is 16.3. The lowest BCUT2D eigenvalue weighted by molar-refractivity contribution is 0.0971. The molecule has 11 heteroatoms. The average Bonchev–Trinajstić information content (AvgIpc) is 2.87. The number of benzene rings is 4. The number of hydrogen-bond donors (Lipinski definition) is 7. The number of aryl methyl sites for hydroxylation is 2. The van der Waals surface area contributed by atoms with E-state index in [4.69, 9.17) is 0 Å². The third-order valence-electron chi connectivity index (χ3n) is 6.78. The lowest BCUT2D eigenvalue weighted by Crippen LogP contribution is -2.23. The highest BCUT2D eigenvalue weighted by molar-refractivity contribution is 6.32. The van der Waals surface area contributed by atoms with Gasteiger partial charge in [0.15, 0.2) is 23.1 Å². The van der Waals surface area contributed by atoms with Crippen LogP contribution >= 0.6 is 0 Å². The van der Waals surface area contributed by atoms with Gasteiger partial charge < -0.3 is 35.7 Å². The molecule has 1 aliphatic rings. The van der Waals surface area contributed by atoms with Crippen molar-refractivity contribution in [3.05, 3.63) is 98.1 Å². The molecule has 0 aromatic heterocycles. The maximum Gasteiger partial charge on any atom is 0.204 e. The number of fused-ring (bicyclic) bond motifs is 2. The number of phenolic OH excluding ortho intramolecular Hbond substituents is 7. The van der Waals surface area contributed by atoms with Crippen molar-refractivity contribution < 1.29 is 54.9 Å². The number of ketones is 4. The number of carbonyl (C=O) groups excluding carboxylic acids is 4. The van der Waals surface area contributed by atoms with Crippen LogP contribution in [0.15, 0.2) is 42.5 Å². The molecule has 0 saturated carbocycles. The predicted molar refractivity (Wildman–Crippen MR) is 141 cm³/mol. The minimum atomic E-state index is -1.33. The van der Waals surface area contributed by atoms with Crippen LogP contribution in [-0.2, 0) is 0 Å². The quantitative estimate of drug-likeness (QED) is 0.0967. The van der Waals surface area contributed by atoms with Crippen molar-refractivity contribution in [2.75, 3.05) is 0 Å². The molecule has 4 aromatic carbocycles. The van der Waals surface area contributed by atoms with Gasteiger partial charge in [-0.3, -0.25) is 19.2 Å². The van der Waals surface area contributed by atoms with Gasteiger partial charge in [0.25, 0.3) is 0 Å². The van der Waals surface area contributed by atoms with E-state index in [0.717, 1.165) is 24.3 Å². The molecule has 0 fully saturated rings. The van der Waals surface area contributed by atoms with Crippen molar-refractivity contribution in [2.24, 2.45) is 0 Å². The molecule has 0 aliphatic heterocycles. The van der Waals surface area contributed by atoms with Crippen LogP contribution < -0.4 is 0 Å². The number of phenols is 7. The summed E-state index contributed by atoms with van der Waals surface area (Å²) in [5, 5.41) is 72.7. The van der Waals surface area contributed by atoms with Gasteiger partial charge in [0.2, 0.25) is 11.6 Å². The van der Waals surface area contributed by atoms with Crippen molar-refractivity contribution >= 4 is 23.1 Å². The van der Waals surface area contributed by atoms with Gasteiger partial charge in [-0.2, -0.15) is 0 Å². The molecule has 11 nitrogen and oxygen atoms in total. The summed E-state index contributed by atoms with van der Waals surface area (Å²) in [6.07, 6.45) is 0. The van der Waals surface area contributed by atoms with E-state index in [1.807, 2.05) is 0 Å². The van der Waals surface area contributed by atoms with Crippen LogP contribution in [0.2, 0.25) is 0 Å². The van der Waals surface area contributed by atoms with Crippen LogP contribution in [0.1, 0.15) is 74.8 Å². The molecule has 0 spiro atoms. The Balaban J connectivity index is 1.72. The summed E-state index contributed by atoms with van der Waals surface area (Å²) in [7, 11) is 0. The van der Waals surface area contributed by atoms with E-state index in [9.17, 15) is 54.9 Å². The van der Waals surface area contributed by atoms with E-state index in [1.54, 1.807) is 6.92 Å². The molecule has 206 valence electrons. The molecule has 0 bridgehead atoms. The molecule has 4 aromatic rings. The first-order valence-electron chi connectivity index (χ1n) is 11.9. The second kappa shape index (κ2) is 9.12. The minimum Gasteiger partial charge on any atom is -0.507 e. The molecule has 0 heterocycles. The second-order valence-electron chi connectivity index (χ2n) is 9.63. The molecule has 0 amide bonds. The SMILES string of the molecule is Cc1cc(O)c(C(=O)c2c(O)cc3c(c2O)C(=O)c2c(O)cc(C)cc2C3=O)c(C(=O)c2cc(O)c(O)cc2O)c1. The van der Waals surface area contributed by atoms with Crippen LogP contribution in [0.25, 0.3) is 0 Å². The molecule has 0 atom stereocenters. The zero-order valence-electron chi connectivity index (χ0n) is 21.3. The number of carbonyl (C=O) groups is 4. The molecule has 0 unspecified atom stereocenters. The third-order valence-corrected chi connectivity index (χ3v) is 6.78. The van der Waals surface area contributed by atoms with Gasteiger partial charge in [-0.15, -0.1) is 0 Å². The van der Waals surface area contributed by atoms with Crippen molar-refractivity contribution in [3.63, 3.8) is 0 Å². The summed E-state index contributed by atoms with van der Waals surface area (Å²) in [4.78, 5) is 53.7. The topological polar surface area (TPSA) is 210 Å². The maximum atomic E-state index is 13.8. The van der Waals surface area contributed by atoms with E-state index in [0.29, 0.717) is 11.6 Å². The molecule has 0 radical (unpaired) electrons. The van der Waals surface area contributed by atoms with Gasteiger partial charge in [-0.25, -0.2) is 0 Å². The third kappa shape index (κ3) is 3.98. The largest absolute Gasteiger partial charge is 0.507 e. The summed E-state index contributed by atoms with van der Waals surface area (Å²) in [5.41, 5.74) is -3.69. The van der Waals surface area contributed by atoms with Gasteiger partial charge in [-0.1, -0.05) is 0 Å². The van der Waals surface area contributed by atoms with Crippen molar-refractivity contribution in [2.45, 2.75) is 13.8 Å². The fourth-order valence-electron chi connectivity index (χ4n) is 4.95. The first-order valence-corrected chi connectivity index (χ1v) is 11.9. The van der Waals surface area contributed by atoms with E-state index in [1.165, 1.54) is 19.1 Å².